The first-order valence-electron chi connectivity index (χ1n) is 12.0. The number of hydrogen-bond donors (Lipinski definition) is 1. The number of carbonyl (C=O) groups is 1. The summed E-state index contributed by atoms with van der Waals surface area (Å²) >= 11 is 3.31. The van der Waals surface area contributed by atoms with E-state index in [-0.39, 0.29) is 25.3 Å². The molecule has 1 saturated heterocycles. The largest absolute Gasteiger partial charge is 0.440 e. The van der Waals surface area contributed by atoms with E-state index in [0.717, 1.165) is 22.0 Å². The minimum Gasteiger partial charge on any atom is -0.440 e. The van der Waals surface area contributed by atoms with Crippen molar-refractivity contribution in [1.29, 1.82) is 0 Å². The zero-order chi connectivity index (χ0) is 25.0. The van der Waals surface area contributed by atoms with Gasteiger partial charge in [0.2, 0.25) is 0 Å². The summed E-state index contributed by atoms with van der Waals surface area (Å²) in [6.07, 6.45) is 5.99. The van der Waals surface area contributed by atoms with Crippen LogP contribution in [0.1, 0.15) is 32.0 Å². The van der Waals surface area contributed by atoms with E-state index in [4.69, 9.17) is 13.6 Å². The molecule has 1 N–H and O–H groups in total. The number of aromatic nitrogens is 2. The highest BCUT2D eigenvalue weighted by molar-refractivity contribution is 9.10. The van der Waals surface area contributed by atoms with Crippen molar-refractivity contribution in [3.63, 3.8) is 0 Å². The van der Waals surface area contributed by atoms with Crippen LogP contribution in [-0.4, -0.2) is 58.8 Å². The third-order valence-corrected chi connectivity index (χ3v) is 7.21. The van der Waals surface area contributed by atoms with Crippen molar-refractivity contribution in [3.05, 3.63) is 64.0 Å². The first-order chi connectivity index (χ1) is 16.6. The van der Waals surface area contributed by atoms with Crippen molar-refractivity contribution < 1.29 is 23.5 Å². The van der Waals surface area contributed by atoms with Gasteiger partial charge in [-0.05, 0) is 65.0 Å². The summed E-state index contributed by atoms with van der Waals surface area (Å²) in [6, 6.07) is 7.15. The van der Waals surface area contributed by atoms with Crippen molar-refractivity contribution in [2.24, 2.45) is 5.92 Å². The van der Waals surface area contributed by atoms with E-state index in [1.54, 1.807) is 12.3 Å². The molecule has 168 valence electrons. The molecule has 1 aliphatic carbocycles. The van der Waals surface area contributed by atoms with Crippen LogP contribution in [-0.2, 0) is 28.2 Å². The van der Waals surface area contributed by atoms with Crippen LogP contribution in [0.3, 0.4) is 0 Å². The molecule has 0 amide bonds. The van der Waals surface area contributed by atoms with Crippen molar-refractivity contribution in [1.82, 2.24) is 14.5 Å². The van der Waals surface area contributed by atoms with Crippen molar-refractivity contribution in [3.8, 4) is 0 Å². The second kappa shape index (κ2) is 8.26. The van der Waals surface area contributed by atoms with Gasteiger partial charge < -0.3 is 19.1 Å². The Kier molecular flexibility index (Phi) is 4.70. The summed E-state index contributed by atoms with van der Waals surface area (Å²) < 4.78 is 37.8. The summed E-state index contributed by atoms with van der Waals surface area (Å²) in [5, 5.41) is 10.9. The summed E-state index contributed by atoms with van der Waals surface area (Å²) in [4.78, 5) is 18.7. The molecule has 3 heterocycles. The summed E-state index contributed by atoms with van der Waals surface area (Å²) in [6.45, 7) is 0.600. The molecule has 3 atom stereocenters. The quantitative estimate of drug-likeness (QED) is 0.539. The number of aliphatic hydroxyl groups excluding tert-OH is 1. The second-order valence-electron chi connectivity index (χ2n) is 8.68. The Morgan fingerprint density at radius 2 is 2.31 bits per heavy atom. The van der Waals surface area contributed by atoms with Crippen LogP contribution in [0.5, 0.6) is 0 Å². The zero-order valence-corrected chi connectivity index (χ0v) is 19.2. The van der Waals surface area contributed by atoms with Crippen LogP contribution < -0.4 is 0 Å². The van der Waals surface area contributed by atoms with Crippen molar-refractivity contribution in [2.75, 3.05) is 27.2 Å². The minimum atomic E-state index is -2.60. The van der Waals surface area contributed by atoms with Gasteiger partial charge in [-0.15, -0.1) is 0 Å². The Labute approximate surface area is 199 Å². The van der Waals surface area contributed by atoms with Crippen LogP contribution >= 0.6 is 15.9 Å². The van der Waals surface area contributed by atoms with Gasteiger partial charge in [-0.3, -0.25) is 9.88 Å². The average molecular weight is 503 g/mol. The van der Waals surface area contributed by atoms with Gasteiger partial charge in [-0.1, -0.05) is 12.1 Å². The van der Waals surface area contributed by atoms with Gasteiger partial charge in [0.1, 0.15) is 5.60 Å². The second-order valence-corrected chi connectivity index (χ2v) is 9.60. The van der Waals surface area contributed by atoms with E-state index in [9.17, 15) is 9.90 Å². The van der Waals surface area contributed by atoms with E-state index in [2.05, 4.69) is 25.8 Å². The van der Waals surface area contributed by atoms with Gasteiger partial charge >= 0.3 is 5.97 Å². The van der Waals surface area contributed by atoms with Crippen LogP contribution in [0, 0.1) is 5.92 Å². The molecule has 1 aromatic carbocycles. The number of fused-ring (bicyclic) bond motifs is 2. The fourth-order valence-corrected chi connectivity index (χ4v) is 5.78. The lowest BCUT2D eigenvalue weighted by Crippen LogP contribution is -2.59. The van der Waals surface area contributed by atoms with E-state index >= 15 is 0 Å². The number of likely N-dealkylation sites (N-methyl/N-ethyl adjacent to an activating group) is 1. The number of methoxy groups -OCH3 is 1. The Bertz CT molecular complexity index is 1280. The van der Waals surface area contributed by atoms with Gasteiger partial charge in [-0.25, -0.2) is 4.79 Å². The number of rotatable bonds is 5. The van der Waals surface area contributed by atoms with Crippen LogP contribution in [0.4, 0.5) is 0 Å². The Balaban J connectivity index is 1.55. The summed E-state index contributed by atoms with van der Waals surface area (Å²) in [5.41, 5.74) is 1.92. The highest BCUT2D eigenvalue weighted by atomic mass is 79.9. The van der Waals surface area contributed by atoms with Crippen LogP contribution in [0.2, 0.25) is 0 Å². The monoisotopic (exact) mass is 502 g/mol. The smallest absolute Gasteiger partial charge is 0.341 e. The molecule has 0 spiro atoms. The molecule has 5 rings (SSSR count). The zero-order valence-electron chi connectivity index (χ0n) is 20.6. The minimum absolute atomic E-state index is 0.00179. The third-order valence-electron chi connectivity index (χ3n) is 6.78. The number of nitrogens with zero attached hydrogens (tertiary/aromatic N) is 3. The molecule has 0 unspecified atom stereocenters. The van der Waals surface area contributed by atoms with Crippen LogP contribution in [0.15, 0.2) is 47.3 Å². The lowest BCUT2D eigenvalue weighted by atomic mass is 9.69. The lowest BCUT2D eigenvalue weighted by molar-refractivity contribution is -0.130. The molecule has 0 radical (unpaired) electrons. The highest BCUT2D eigenvalue weighted by Crippen LogP contribution is 2.49. The van der Waals surface area contributed by atoms with Gasteiger partial charge in [0, 0.05) is 54.7 Å². The molecule has 0 saturated carbocycles. The number of hydrogen-bond acceptors (Lipinski definition) is 6. The van der Waals surface area contributed by atoms with E-state index < -0.39 is 18.6 Å². The normalized spacial score (nSPS) is 26.8. The predicted octanol–water partition coefficient (Wildman–Crippen LogP) is 3.32. The predicted molar refractivity (Wildman–Crippen MR) is 123 cm³/mol. The third kappa shape index (κ3) is 3.37. The number of piperidine rings is 1. The number of halogens is 1. The number of ether oxygens (including phenoxy) is 2. The molecule has 2 aliphatic rings. The Morgan fingerprint density at radius 1 is 1.44 bits per heavy atom. The Hall–Kier alpha value is -2.26. The summed E-state index contributed by atoms with van der Waals surface area (Å²) in [5.74, 6) is -0.605. The average Bonchev–Trinajstić information content (AvgIpc) is 3.16. The molecule has 2 aromatic heterocycles. The fraction of sp³-hybridized carbons (Fsp3) is 0.417. The molecule has 0 bridgehead atoms. The molecular weight excluding hydrogens is 474 g/mol. The summed E-state index contributed by atoms with van der Waals surface area (Å²) in [7, 11) is -0.660. The Morgan fingerprint density at radius 3 is 3.09 bits per heavy atom. The number of esters is 1. The number of likely N-dealkylation sites (tertiary alicyclic amines) is 1. The first kappa shape index (κ1) is 18.2. The number of benzene rings is 1. The van der Waals surface area contributed by atoms with Crippen LogP contribution in [0.25, 0.3) is 10.9 Å². The number of pyridine rings is 1. The topological polar surface area (TPSA) is 76.8 Å². The van der Waals surface area contributed by atoms with E-state index in [0.29, 0.717) is 29.4 Å². The molecular formula is C24H26BrN3O4. The van der Waals surface area contributed by atoms with Gasteiger partial charge in [0.25, 0.3) is 0 Å². The van der Waals surface area contributed by atoms with Gasteiger partial charge in [0.15, 0.2) is 6.73 Å². The molecule has 1 aliphatic heterocycles. The SMILES string of the molecule is [2H]C([2H])([2H])O[C@]12C[C@@H](CO)CN(C)[C@@H]1Cc1cn(COC(=O)c3cncc(Br)c3)c3cccc2c13. The van der Waals surface area contributed by atoms with E-state index in [1.807, 2.05) is 36.0 Å². The van der Waals surface area contributed by atoms with E-state index in [1.165, 1.54) is 6.20 Å². The fourth-order valence-electron chi connectivity index (χ4n) is 5.41. The molecule has 8 heteroatoms. The maximum atomic E-state index is 12.6. The standard InChI is InChI=1S/C24H26BrN3O4/c1-27-11-15(13-29)8-24(31-2)19-4-3-5-20-22(19)17(7-21(24)27)12-28(20)14-32-23(30)16-6-18(25)10-26-9-16/h3-6,9-10,12,15,21,29H,7-8,11,13-14H2,1-2H3/t15-,21-,24+/m1/s1/i2D3. The molecule has 7 nitrogen and oxygen atoms in total. The lowest BCUT2D eigenvalue weighted by Gasteiger charge is -2.52. The van der Waals surface area contributed by atoms with Gasteiger partial charge in [-0.2, -0.15) is 0 Å². The molecule has 3 aromatic rings. The van der Waals surface area contributed by atoms with Crippen molar-refractivity contribution in [2.45, 2.75) is 31.2 Å². The maximum absolute atomic E-state index is 12.6. The number of carbonyl (C=O) groups excluding carboxylic acids is 1. The number of aliphatic hydroxyl groups is 1. The molecule has 1 fully saturated rings. The maximum Gasteiger partial charge on any atom is 0.341 e. The highest BCUT2D eigenvalue weighted by Gasteiger charge is 2.51. The molecule has 32 heavy (non-hydrogen) atoms. The van der Waals surface area contributed by atoms with Crippen molar-refractivity contribution >= 4 is 32.8 Å². The first-order valence-corrected chi connectivity index (χ1v) is 11.3. The van der Waals surface area contributed by atoms with Gasteiger partial charge in [0.05, 0.1) is 15.2 Å².